The molecule has 7 heteroatoms. The maximum Gasteiger partial charge on any atom is 0.333 e. The van der Waals surface area contributed by atoms with Gasteiger partial charge in [-0.3, -0.25) is 4.79 Å². The van der Waals surface area contributed by atoms with Gasteiger partial charge in [0.25, 0.3) is 0 Å². The van der Waals surface area contributed by atoms with Crippen molar-refractivity contribution in [3.05, 3.63) is 11.6 Å². The van der Waals surface area contributed by atoms with Gasteiger partial charge in [0.1, 0.15) is 17.8 Å². The molecular formula is C30H44O7. The van der Waals surface area contributed by atoms with Crippen LogP contribution >= 0.6 is 0 Å². The molecule has 3 aliphatic carbocycles. The number of cyclic esters (lactones) is 1. The van der Waals surface area contributed by atoms with E-state index in [9.17, 15) is 19.8 Å². The van der Waals surface area contributed by atoms with Crippen LogP contribution in [-0.4, -0.2) is 56.8 Å². The quantitative estimate of drug-likeness (QED) is 0.530. The van der Waals surface area contributed by atoms with Crippen molar-refractivity contribution in [2.45, 2.75) is 134 Å². The van der Waals surface area contributed by atoms with E-state index in [0.29, 0.717) is 44.1 Å². The molecule has 3 saturated carbocycles. The zero-order valence-electron chi connectivity index (χ0n) is 23.3. The standard InChI is InChI=1S/C30H44O7/c1-17-7-8-19(35-24(17)32)18(2)26(5)11-14-30(34)21-10-9-20-25(3,4)36-22-15-23(31)37-29(20,22)16-28(21,33)13-12-27(26,30)6/h7,18-22,33-34H,8-16H2,1-6H3/t18-,19+,20+,21-,22-,26+,27-,28+,29-,30+/m1/s1. The maximum absolute atomic E-state index is 12.7. The molecule has 5 fully saturated rings. The summed E-state index contributed by atoms with van der Waals surface area (Å²) in [5, 5.41) is 25.1. The molecule has 7 nitrogen and oxygen atoms in total. The van der Waals surface area contributed by atoms with Crippen molar-refractivity contribution < 1.29 is 34.0 Å². The van der Waals surface area contributed by atoms with E-state index >= 15 is 0 Å². The predicted molar refractivity (Wildman–Crippen MR) is 135 cm³/mol. The van der Waals surface area contributed by atoms with Gasteiger partial charge in [0.15, 0.2) is 0 Å². The second-order valence-corrected chi connectivity index (χ2v) is 14.3. The van der Waals surface area contributed by atoms with Crippen LogP contribution in [0.2, 0.25) is 0 Å². The molecule has 2 N–H and O–H groups in total. The van der Waals surface area contributed by atoms with Crippen molar-refractivity contribution in [2.75, 3.05) is 0 Å². The van der Waals surface area contributed by atoms with E-state index in [4.69, 9.17) is 14.2 Å². The van der Waals surface area contributed by atoms with Crippen molar-refractivity contribution in [2.24, 2.45) is 28.6 Å². The Morgan fingerprint density at radius 1 is 1.00 bits per heavy atom. The van der Waals surface area contributed by atoms with Crippen LogP contribution in [0.1, 0.15) is 99.3 Å². The van der Waals surface area contributed by atoms with Gasteiger partial charge in [-0.05, 0) is 70.6 Å². The lowest BCUT2D eigenvalue weighted by Crippen LogP contribution is -2.66. The van der Waals surface area contributed by atoms with Gasteiger partial charge in [-0.25, -0.2) is 4.79 Å². The van der Waals surface area contributed by atoms with E-state index in [-0.39, 0.29) is 53.7 Å². The number of esters is 2. The van der Waals surface area contributed by atoms with Crippen LogP contribution < -0.4 is 0 Å². The average molecular weight is 517 g/mol. The number of rotatable bonds is 2. The number of fused-ring (bicyclic) bond motifs is 3. The van der Waals surface area contributed by atoms with Gasteiger partial charge < -0.3 is 24.4 Å². The van der Waals surface area contributed by atoms with E-state index in [1.54, 1.807) is 6.92 Å². The molecule has 0 bridgehead atoms. The smallest absolute Gasteiger partial charge is 0.333 e. The lowest BCUT2D eigenvalue weighted by molar-refractivity contribution is -0.245. The molecule has 0 amide bonds. The molecule has 0 aromatic rings. The molecule has 0 aromatic heterocycles. The van der Waals surface area contributed by atoms with Gasteiger partial charge in [-0.15, -0.1) is 0 Å². The predicted octanol–water partition coefficient (Wildman–Crippen LogP) is 4.23. The number of carbonyl (C=O) groups excluding carboxylic acids is 2. The Morgan fingerprint density at radius 2 is 1.70 bits per heavy atom. The van der Waals surface area contributed by atoms with Crippen LogP contribution in [0.5, 0.6) is 0 Å². The molecule has 6 rings (SSSR count). The lowest BCUT2D eigenvalue weighted by atomic mass is 9.47. The van der Waals surface area contributed by atoms with E-state index in [2.05, 4.69) is 34.6 Å². The van der Waals surface area contributed by atoms with Gasteiger partial charge >= 0.3 is 11.9 Å². The monoisotopic (exact) mass is 516 g/mol. The molecule has 1 spiro atoms. The molecule has 206 valence electrons. The SMILES string of the molecule is CC1=CC[C@@H]([C@@H](C)[C@]2(C)CC[C@]3(O)[C@@H]4CC[C@H]5C(C)(C)O[C@@H]6CC(=O)O[C@@]65C[C@@]4(O)CC[C@]23C)OC1=O. The second-order valence-electron chi connectivity index (χ2n) is 14.3. The number of ether oxygens (including phenoxy) is 3. The summed E-state index contributed by atoms with van der Waals surface area (Å²) in [5.74, 6) is -0.783. The van der Waals surface area contributed by atoms with Crippen LogP contribution in [0.4, 0.5) is 0 Å². The zero-order valence-corrected chi connectivity index (χ0v) is 23.3. The Hall–Kier alpha value is -1.44. The van der Waals surface area contributed by atoms with Gasteiger partial charge in [0.05, 0.1) is 23.2 Å². The molecule has 0 unspecified atom stereocenters. The molecule has 3 aliphatic heterocycles. The van der Waals surface area contributed by atoms with Gasteiger partial charge in [-0.2, -0.15) is 0 Å². The third-order valence-corrected chi connectivity index (χ3v) is 12.7. The molecule has 6 aliphatic rings. The lowest BCUT2D eigenvalue weighted by Gasteiger charge is -2.61. The zero-order chi connectivity index (χ0) is 26.8. The third kappa shape index (κ3) is 3.11. The molecule has 2 saturated heterocycles. The fraction of sp³-hybridized carbons (Fsp3) is 0.867. The van der Waals surface area contributed by atoms with Gasteiger partial charge in [0.2, 0.25) is 0 Å². The number of aliphatic hydroxyl groups is 2. The summed E-state index contributed by atoms with van der Waals surface area (Å²) in [7, 11) is 0. The molecular weight excluding hydrogens is 472 g/mol. The van der Waals surface area contributed by atoms with Crippen LogP contribution in [0, 0.1) is 28.6 Å². The topological polar surface area (TPSA) is 102 Å². The highest BCUT2D eigenvalue weighted by Crippen LogP contribution is 2.73. The molecule has 10 atom stereocenters. The van der Waals surface area contributed by atoms with Crippen molar-refractivity contribution >= 4 is 11.9 Å². The second kappa shape index (κ2) is 7.60. The Kier molecular flexibility index (Phi) is 5.30. The Bertz CT molecular complexity index is 1070. The number of hydrogen-bond acceptors (Lipinski definition) is 7. The van der Waals surface area contributed by atoms with Gasteiger partial charge in [0, 0.05) is 35.7 Å². The van der Waals surface area contributed by atoms with E-state index in [1.165, 1.54) is 0 Å². The minimum atomic E-state index is -1.14. The van der Waals surface area contributed by atoms with Crippen molar-refractivity contribution in [3.8, 4) is 0 Å². The summed E-state index contributed by atoms with van der Waals surface area (Å²) < 4.78 is 18.3. The fourth-order valence-corrected chi connectivity index (χ4v) is 10.3. The average Bonchev–Trinajstić information content (AvgIpc) is 3.24. The largest absolute Gasteiger partial charge is 0.458 e. The molecule has 0 aromatic carbocycles. The summed E-state index contributed by atoms with van der Waals surface area (Å²) in [6.07, 6.45) is 6.68. The highest BCUT2D eigenvalue weighted by molar-refractivity contribution is 5.88. The summed E-state index contributed by atoms with van der Waals surface area (Å²) in [6, 6.07) is 0. The Balaban J connectivity index is 1.35. The van der Waals surface area contributed by atoms with Gasteiger partial charge in [-0.1, -0.05) is 26.8 Å². The normalized spacial score (nSPS) is 53.1. The van der Waals surface area contributed by atoms with Crippen LogP contribution in [0.15, 0.2) is 11.6 Å². The molecule has 37 heavy (non-hydrogen) atoms. The highest BCUT2D eigenvalue weighted by atomic mass is 16.6. The highest BCUT2D eigenvalue weighted by Gasteiger charge is 2.76. The first-order valence-corrected chi connectivity index (χ1v) is 14.3. The fourth-order valence-electron chi connectivity index (χ4n) is 10.3. The first-order valence-electron chi connectivity index (χ1n) is 14.3. The Morgan fingerprint density at radius 3 is 2.41 bits per heavy atom. The maximum atomic E-state index is 12.7. The van der Waals surface area contributed by atoms with Crippen molar-refractivity contribution in [1.82, 2.24) is 0 Å². The summed E-state index contributed by atoms with van der Waals surface area (Å²) in [4.78, 5) is 24.8. The van der Waals surface area contributed by atoms with Crippen molar-refractivity contribution in [3.63, 3.8) is 0 Å². The van der Waals surface area contributed by atoms with Crippen molar-refractivity contribution in [1.29, 1.82) is 0 Å². The number of carbonyl (C=O) groups is 2. The summed E-state index contributed by atoms with van der Waals surface area (Å²) >= 11 is 0. The minimum absolute atomic E-state index is 0.0238. The van der Waals surface area contributed by atoms with Crippen LogP contribution in [-0.2, 0) is 23.8 Å². The summed E-state index contributed by atoms with van der Waals surface area (Å²) in [5.41, 5.74) is -3.55. The first kappa shape index (κ1) is 25.8. The first-order chi connectivity index (χ1) is 17.1. The molecule has 0 radical (unpaired) electrons. The minimum Gasteiger partial charge on any atom is -0.458 e. The van der Waals surface area contributed by atoms with Crippen LogP contribution in [0.3, 0.4) is 0 Å². The third-order valence-electron chi connectivity index (χ3n) is 12.7. The van der Waals surface area contributed by atoms with E-state index in [1.807, 2.05) is 6.08 Å². The van der Waals surface area contributed by atoms with E-state index < -0.39 is 27.8 Å². The summed E-state index contributed by atoms with van der Waals surface area (Å²) in [6.45, 7) is 12.6. The molecule has 3 heterocycles. The van der Waals surface area contributed by atoms with Crippen LogP contribution in [0.25, 0.3) is 0 Å². The Labute approximate surface area is 220 Å². The van der Waals surface area contributed by atoms with E-state index in [0.717, 1.165) is 12.8 Å². The number of hydrogen-bond donors (Lipinski definition) is 2.